The van der Waals surface area contributed by atoms with Crippen LogP contribution >= 0.6 is 11.6 Å². The van der Waals surface area contributed by atoms with E-state index in [0.717, 1.165) is 0 Å². The van der Waals surface area contributed by atoms with Gasteiger partial charge in [0.15, 0.2) is 0 Å². The van der Waals surface area contributed by atoms with Crippen LogP contribution in [-0.2, 0) is 0 Å². The zero-order valence-electron chi connectivity index (χ0n) is 8.57. The van der Waals surface area contributed by atoms with Crippen molar-refractivity contribution < 1.29 is 34.7 Å². The summed E-state index contributed by atoms with van der Waals surface area (Å²) in [7, 11) is 0. The average Bonchev–Trinajstić information content (AvgIpc) is 2.45. The minimum atomic E-state index is -0.134. The van der Waals surface area contributed by atoms with Gasteiger partial charge in [0.25, 0.3) is 0 Å². The third-order valence-corrected chi connectivity index (χ3v) is 2.09. The summed E-state index contributed by atoms with van der Waals surface area (Å²) in [6, 6.07) is 8.52. The number of aryl methyl sites for hydroxylation is 1. The molecule has 0 unspecified atom stereocenters. The van der Waals surface area contributed by atoms with E-state index in [1.807, 2.05) is 0 Å². The van der Waals surface area contributed by atoms with Crippen LogP contribution in [0.25, 0.3) is 5.69 Å². The Morgan fingerprint density at radius 1 is 1.33 bits per heavy atom. The molecule has 72 valence electrons. The number of hydrogen-bond donors (Lipinski definition) is 0. The fourth-order valence-corrected chi connectivity index (χ4v) is 1.45. The molecule has 0 fully saturated rings. The Morgan fingerprint density at radius 2 is 2.07 bits per heavy atom. The molecule has 0 saturated heterocycles. The topological polar surface area (TPSA) is 40.9 Å². The Bertz CT molecular complexity index is 470. The van der Waals surface area contributed by atoms with Crippen molar-refractivity contribution in [3.05, 3.63) is 41.0 Å². The molecule has 0 aliphatic heterocycles. The van der Waals surface area contributed by atoms with E-state index in [1.165, 1.54) is 10.7 Å². The van der Waals surface area contributed by atoms with Gasteiger partial charge in [-0.3, -0.25) is 0 Å². The fourth-order valence-electron chi connectivity index (χ4n) is 1.27. The van der Waals surface area contributed by atoms with Gasteiger partial charge in [-0.05, 0) is 37.1 Å². The van der Waals surface area contributed by atoms with Crippen molar-refractivity contribution in [2.24, 2.45) is 0 Å². The molecular formula is C10H8ClN2NaO. The Labute approximate surface area is 115 Å². The number of halogens is 1. The van der Waals surface area contributed by atoms with Crippen LogP contribution in [0.2, 0.25) is 5.02 Å². The summed E-state index contributed by atoms with van der Waals surface area (Å²) in [6.45, 7) is 1.78. The second-order valence-corrected chi connectivity index (χ2v) is 3.45. The first-order chi connectivity index (χ1) is 6.66. The monoisotopic (exact) mass is 230 g/mol. The second kappa shape index (κ2) is 5.03. The van der Waals surface area contributed by atoms with Crippen molar-refractivity contribution in [1.29, 1.82) is 0 Å². The van der Waals surface area contributed by atoms with Crippen molar-refractivity contribution >= 4 is 11.6 Å². The van der Waals surface area contributed by atoms with Crippen LogP contribution in [0.1, 0.15) is 5.69 Å². The molecule has 1 aromatic heterocycles. The maximum absolute atomic E-state index is 11.4. The predicted octanol–water partition coefficient (Wildman–Crippen LogP) is -1.09. The number of benzene rings is 1. The molecule has 0 radical (unpaired) electrons. The van der Waals surface area contributed by atoms with Crippen LogP contribution < -0.4 is 34.7 Å². The summed E-state index contributed by atoms with van der Waals surface area (Å²) in [5.41, 5.74) is 1.39. The molecule has 1 aromatic carbocycles. The molecule has 0 saturated carbocycles. The minimum absolute atomic E-state index is 0. The molecule has 2 aromatic rings. The maximum Gasteiger partial charge on any atom is 1.00 e. The van der Waals surface area contributed by atoms with E-state index in [0.29, 0.717) is 16.4 Å². The van der Waals surface area contributed by atoms with E-state index >= 15 is 0 Å². The van der Waals surface area contributed by atoms with E-state index in [1.54, 1.807) is 31.2 Å². The smallest absolute Gasteiger partial charge is 0.859 e. The third-order valence-electron chi connectivity index (χ3n) is 1.85. The first-order valence-electron chi connectivity index (χ1n) is 4.16. The molecule has 0 aliphatic rings. The Balaban J connectivity index is 0.00000112. The van der Waals surface area contributed by atoms with Crippen molar-refractivity contribution in [2.75, 3.05) is 0 Å². The van der Waals surface area contributed by atoms with Crippen molar-refractivity contribution in [3.63, 3.8) is 0 Å². The largest absolute Gasteiger partial charge is 1.00 e. The van der Waals surface area contributed by atoms with Gasteiger partial charge in [-0.15, -0.1) is 0 Å². The fraction of sp³-hybridized carbons (Fsp3) is 0.100. The van der Waals surface area contributed by atoms with Gasteiger partial charge in [0.1, 0.15) is 0 Å². The van der Waals surface area contributed by atoms with Crippen LogP contribution in [0.3, 0.4) is 0 Å². The molecule has 0 spiro atoms. The Kier molecular flexibility index (Phi) is 4.22. The zero-order chi connectivity index (χ0) is 10.1. The number of nitrogens with zero attached hydrogens (tertiary/aromatic N) is 2. The van der Waals surface area contributed by atoms with Gasteiger partial charge in [-0.25, -0.2) is 4.68 Å². The molecule has 1 heterocycles. The zero-order valence-corrected chi connectivity index (χ0v) is 11.3. The third kappa shape index (κ3) is 2.75. The first kappa shape index (κ1) is 12.6. The van der Waals surface area contributed by atoms with Gasteiger partial charge in [0.2, 0.25) is 0 Å². The van der Waals surface area contributed by atoms with Crippen molar-refractivity contribution in [2.45, 2.75) is 6.92 Å². The predicted molar refractivity (Wildman–Crippen MR) is 52.8 cm³/mol. The molecule has 0 bridgehead atoms. The molecule has 0 amide bonds. The van der Waals surface area contributed by atoms with Crippen LogP contribution in [0.15, 0.2) is 30.3 Å². The molecule has 3 nitrogen and oxygen atoms in total. The van der Waals surface area contributed by atoms with Crippen LogP contribution in [-0.4, -0.2) is 9.78 Å². The van der Waals surface area contributed by atoms with E-state index < -0.39 is 0 Å². The summed E-state index contributed by atoms with van der Waals surface area (Å²) in [4.78, 5) is 0. The molecule has 5 heteroatoms. The van der Waals surface area contributed by atoms with Crippen LogP contribution in [0.4, 0.5) is 0 Å². The van der Waals surface area contributed by atoms with Crippen molar-refractivity contribution in [3.8, 4) is 11.6 Å². The number of aromatic nitrogens is 2. The molecule has 0 N–H and O–H groups in total. The summed E-state index contributed by atoms with van der Waals surface area (Å²) in [5, 5.41) is 16.1. The van der Waals surface area contributed by atoms with Gasteiger partial charge in [-0.2, -0.15) is 5.10 Å². The van der Waals surface area contributed by atoms with E-state index in [4.69, 9.17) is 11.6 Å². The molecular weight excluding hydrogens is 223 g/mol. The van der Waals surface area contributed by atoms with Gasteiger partial charge >= 0.3 is 29.6 Å². The quantitative estimate of drug-likeness (QED) is 0.585. The maximum atomic E-state index is 11.4. The van der Waals surface area contributed by atoms with Crippen molar-refractivity contribution in [1.82, 2.24) is 9.78 Å². The van der Waals surface area contributed by atoms with E-state index in [9.17, 15) is 5.11 Å². The molecule has 0 aliphatic carbocycles. The van der Waals surface area contributed by atoms with Gasteiger partial charge in [0.05, 0.1) is 11.4 Å². The Morgan fingerprint density at radius 3 is 2.60 bits per heavy atom. The summed E-state index contributed by atoms with van der Waals surface area (Å²) in [6.07, 6.45) is 0. The summed E-state index contributed by atoms with van der Waals surface area (Å²) < 4.78 is 1.33. The van der Waals surface area contributed by atoms with E-state index in [-0.39, 0.29) is 35.4 Å². The SMILES string of the molecule is Cc1cc([O-])n(-c2cccc(Cl)c2)n1.[Na+]. The molecule has 15 heavy (non-hydrogen) atoms. The standard InChI is InChI=1S/C10H9ClN2O.Na/c1-7-5-10(14)13(12-7)9-4-2-3-8(11)6-9;/h2-6,14H,1H3;/q;+1/p-1. The molecule has 2 rings (SSSR count). The second-order valence-electron chi connectivity index (χ2n) is 3.02. The van der Waals surface area contributed by atoms with Crippen LogP contribution in [0.5, 0.6) is 5.88 Å². The Hall–Kier alpha value is -0.480. The van der Waals surface area contributed by atoms with Gasteiger partial charge < -0.3 is 5.11 Å². The van der Waals surface area contributed by atoms with Crippen LogP contribution in [0, 0.1) is 6.92 Å². The minimum Gasteiger partial charge on any atom is -0.859 e. The van der Waals surface area contributed by atoms with Gasteiger partial charge in [0, 0.05) is 5.02 Å². The number of rotatable bonds is 1. The number of hydrogen-bond acceptors (Lipinski definition) is 2. The average molecular weight is 231 g/mol. The van der Waals surface area contributed by atoms with E-state index in [2.05, 4.69) is 5.10 Å². The summed E-state index contributed by atoms with van der Waals surface area (Å²) in [5.74, 6) is -0.134. The normalized spacial score (nSPS) is 9.73. The van der Waals surface area contributed by atoms with Gasteiger partial charge in [-0.1, -0.05) is 17.7 Å². The molecule has 0 atom stereocenters. The first-order valence-corrected chi connectivity index (χ1v) is 4.54. The summed E-state index contributed by atoms with van der Waals surface area (Å²) >= 11 is 5.81.